The number of hydrogen-bond acceptors (Lipinski definition) is 4. The molecule has 3 N–H and O–H groups in total. The van der Waals surface area contributed by atoms with Gasteiger partial charge in [0.25, 0.3) is 5.91 Å². The maximum absolute atomic E-state index is 13.9. The monoisotopic (exact) mass is 316 g/mol. The van der Waals surface area contributed by atoms with Crippen LogP contribution in [0.5, 0.6) is 5.75 Å². The SMILES string of the molecule is COc1c(F)cc(C(=O)NCC2(C)CC2)cc1S(N)(=O)=O. The van der Waals surface area contributed by atoms with Gasteiger partial charge in [-0.2, -0.15) is 0 Å². The normalized spacial score (nSPS) is 16.4. The van der Waals surface area contributed by atoms with Crippen LogP contribution in [-0.2, 0) is 10.0 Å². The Hall–Kier alpha value is -1.67. The molecule has 1 amide bonds. The lowest BCUT2D eigenvalue weighted by molar-refractivity contribution is 0.0945. The molecule has 1 saturated carbocycles. The van der Waals surface area contributed by atoms with Gasteiger partial charge in [-0.1, -0.05) is 6.92 Å². The van der Waals surface area contributed by atoms with Crippen molar-refractivity contribution < 1.29 is 22.3 Å². The minimum absolute atomic E-state index is 0.0868. The summed E-state index contributed by atoms with van der Waals surface area (Å²) in [6.45, 7) is 2.49. The third-order valence-electron chi connectivity index (χ3n) is 3.56. The van der Waals surface area contributed by atoms with Gasteiger partial charge in [-0.05, 0) is 30.4 Å². The second kappa shape index (κ2) is 5.27. The number of carbonyl (C=O) groups excluding carboxylic acids is 1. The summed E-state index contributed by atoms with van der Waals surface area (Å²) in [4.78, 5) is 11.4. The van der Waals surface area contributed by atoms with Crippen LogP contribution in [-0.4, -0.2) is 28.0 Å². The standard InChI is InChI=1S/C13H17FN2O4S/c1-13(3-4-13)7-16-12(17)8-5-9(14)11(20-2)10(6-8)21(15,18)19/h5-6H,3-4,7H2,1-2H3,(H,16,17)(H2,15,18,19). The van der Waals surface area contributed by atoms with E-state index in [2.05, 4.69) is 5.32 Å². The fraction of sp³-hybridized carbons (Fsp3) is 0.462. The first-order chi connectivity index (χ1) is 9.66. The average Bonchev–Trinajstić information content (AvgIpc) is 3.12. The lowest BCUT2D eigenvalue weighted by atomic mass is 10.1. The number of benzene rings is 1. The summed E-state index contributed by atoms with van der Waals surface area (Å²) in [6.07, 6.45) is 2.04. The molecule has 0 spiro atoms. The van der Waals surface area contributed by atoms with Crippen LogP contribution in [0.4, 0.5) is 4.39 Å². The molecule has 1 aromatic rings. The zero-order valence-electron chi connectivity index (χ0n) is 11.8. The quantitative estimate of drug-likeness (QED) is 0.847. The van der Waals surface area contributed by atoms with Crippen molar-refractivity contribution in [3.8, 4) is 5.75 Å². The first kappa shape index (κ1) is 15.7. The van der Waals surface area contributed by atoms with Crippen LogP contribution in [0.2, 0.25) is 0 Å². The molecule has 1 aromatic carbocycles. The molecule has 0 unspecified atom stereocenters. The summed E-state index contributed by atoms with van der Waals surface area (Å²) < 4.78 is 41.5. The van der Waals surface area contributed by atoms with Gasteiger partial charge in [0.15, 0.2) is 11.6 Å². The molecule has 0 heterocycles. The molecule has 1 fully saturated rings. The Morgan fingerprint density at radius 1 is 1.48 bits per heavy atom. The number of methoxy groups -OCH3 is 1. The molecule has 116 valence electrons. The second-order valence-corrected chi connectivity index (χ2v) is 7.06. The topological polar surface area (TPSA) is 98.5 Å². The number of hydrogen-bond donors (Lipinski definition) is 2. The Bertz CT molecular complexity index is 684. The van der Waals surface area contributed by atoms with E-state index >= 15 is 0 Å². The average molecular weight is 316 g/mol. The number of ether oxygens (including phenoxy) is 1. The van der Waals surface area contributed by atoms with Crippen LogP contribution in [0.3, 0.4) is 0 Å². The van der Waals surface area contributed by atoms with E-state index in [0.29, 0.717) is 6.54 Å². The fourth-order valence-corrected chi connectivity index (χ4v) is 2.63. The van der Waals surface area contributed by atoms with Gasteiger partial charge in [0.1, 0.15) is 4.90 Å². The maximum Gasteiger partial charge on any atom is 0.251 e. The van der Waals surface area contributed by atoms with E-state index in [4.69, 9.17) is 9.88 Å². The van der Waals surface area contributed by atoms with Crippen LogP contribution < -0.4 is 15.2 Å². The highest BCUT2D eigenvalue weighted by atomic mass is 32.2. The molecule has 0 aromatic heterocycles. The lowest BCUT2D eigenvalue weighted by Gasteiger charge is -2.12. The van der Waals surface area contributed by atoms with E-state index in [1.165, 1.54) is 0 Å². The summed E-state index contributed by atoms with van der Waals surface area (Å²) in [7, 11) is -3.07. The van der Waals surface area contributed by atoms with E-state index < -0.39 is 32.4 Å². The number of primary sulfonamides is 1. The summed E-state index contributed by atoms with van der Waals surface area (Å²) in [5, 5.41) is 7.68. The largest absolute Gasteiger partial charge is 0.492 e. The third kappa shape index (κ3) is 3.51. The number of nitrogens with one attached hydrogen (secondary N) is 1. The van der Waals surface area contributed by atoms with Crippen LogP contribution in [0.25, 0.3) is 0 Å². The predicted octanol–water partition coefficient (Wildman–Crippen LogP) is 1.01. The number of carbonyl (C=O) groups is 1. The lowest BCUT2D eigenvalue weighted by Crippen LogP contribution is -2.29. The summed E-state index contributed by atoms with van der Waals surface area (Å²) in [6, 6.07) is 1.94. The van der Waals surface area contributed by atoms with E-state index in [0.717, 1.165) is 32.1 Å². The number of sulfonamides is 1. The van der Waals surface area contributed by atoms with Gasteiger partial charge < -0.3 is 10.1 Å². The van der Waals surface area contributed by atoms with Gasteiger partial charge in [0.05, 0.1) is 7.11 Å². The third-order valence-corrected chi connectivity index (χ3v) is 4.48. The van der Waals surface area contributed by atoms with E-state index in [9.17, 15) is 17.6 Å². The van der Waals surface area contributed by atoms with Crippen LogP contribution in [0.15, 0.2) is 17.0 Å². The van der Waals surface area contributed by atoms with Crippen molar-refractivity contribution in [2.75, 3.05) is 13.7 Å². The summed E-state index contributed by atoms with van der Waals surface area (Å²) in [5.74, 6) is -2.00. The molecular weight excluding hydrogens is 299 g/mol. The molecule has 0 atom stereocenters. The molecule has 0 bridgehead atoms. The molecule has 21 heavy (non-hydrogen) atoms. The Morgan fingerprint density at radius 2 is 2.10 bits per heavy atom. The first-order valence-corrected chi connectivity index (χ1v) is 7.89. The summed E-state index contributed by atoms with van der Waals surface area (Å²) >= 11 is 0. The van der Waals surface area contributed by atoms with Crippen LogP contribution in [0, 0.1) is 11.2 Å². The smallest absolute Gasteiger partial charge is 0.251 e. The Labute approximate surface area is 122 Å². The molecule has 1 aliphatic carbocycles. The van der Waals surface area contributed by atoms with Crippen molar-refractivity contribution in [1.82, 2.24) is 5.32 Å². The van der Waals surface area contributed by atoms with E-state index in [1.807, 2.05) is 6.92 Å². The number of rotatable bonds is 5. The van der Waals surface area contributed by atoms with Gasteiger partial charge >= 0.3 is 0 Å². The Morgan fingerprint density at radius 3 is 2.57 bits per heavy atom. The predicted molar refractivity (Wildman–Crippen MR) is 74.0 cm³/mol. The second-order valence-electron chi connectivity index (χ2n) is 5.53. The highest BCUT2D eigenvalue weighted by Gasteiger charge is 2.37. The zero-order valence-corrected chi connectivity index (χ0v) is 12.6. The minimum atomic E-state index is -4.20. The molecule has 1 aliphatic rings. The van der Waals surface area contributed by atoms with Crippen LogP contribution in [0.1, 0.15) is 30.1 Å². The van der Waals surface area contributed by atoms with E-state index in [1.54, 1.807) is 0 Å². The molecule has 6 nitrogen and oxygen atoms in total. The summed E-state index contributed by atoms with van der Waals surface area (Å²) in [5.41, 5.74) is -0.0229. The maximum atomic E-state index is 13.9. The molecular formula is C13H17FN2O4S. The molecule has 2 rings (SSSR count). The van der Waals surface area contributed by atoms with Crippen molar-refractivity contribution >= 4 is 15.9 Å². The molecule has 0 aliphatic heterocycles. The fourth-order valence-electron chi connectivity index (χ4n) is 1.89. The number of amides is 1. The van der Waals surface area contributed by atoms with Crippen molar-refractivity contribution in [2.24, 2.45) is 10.6 Å². The van der Waals surface area contributed by atoms with Gasteiger partial charge in [0.2, 0.25) is 10.0 Å². The van der Waals surface area contributed by atoms with Crippen LogP contribution >= 0.6 is 0 Å². The zero-order chi connectivity index (χ0) is 15.8. The first-order valence-electron chi connectivity index (χ1n) is 6.35. The highest BCUT2D eigenvalue weighted by Crippen LogP contribution is 2.44. The molecule has 0 radical (unpaired) electrons. The number of halogens is 1. The van der Waals surface area contributed by atoms with E-state index in [-0.39, 0.29) is 11.0 Å². The van der Waals surface area contributed by atoms with Crippen molar-refractivity contribution in [2.45, 2.75) is 24.7 Å². The van der Waals surface area contributed by atoms with Gasteiger partial charge in [-0.25, -0.2) is 17.9 Å². The Kier molecular flexibility index (Phi) is 3.94. The number of nitrogens with two attached hydrogens (primary N) is 1. The highest BCUT2D eigenvalue weighted by molar-refractivity contribution is 7.89. The van der Waals surface area contributed by atoms with Gasteiger partial charge in [0, 0.05) is 12.1 Å². The van der Waals surface area contributed by atoms with Crippen molar-refractivity contribution in [3.05, 3.63) is 23.5 Å². The molecule has 0 saturated heterocycles. The van der Waals surface area contributed by atoms with Crippen molar-refractivity contribution in [1.29, 1.82) is 0 Å². The molecule has 8 heteroatoms. The minimum Gasteiger partial charge on any atom is -0.492 e. The van der Waals surface area contributed by atoms with Gasteiger partial charge in [-0.3, -0.25) is 4.79 Å². The Balaban J connectivity index is 2.32. The van der Waals surface area contributed by atoms with Crippen molar-refractivity contribution in [3.63, 3.8) is 0 Å². The van der Waals surface area contributed by atoms with Gasteiger partial charge in [-0.15, -0.1) is 0 Å².